The van der Waals surface area contributed by atoms with Crippen LogP contribution < -0.4 is 0 Å². The first-order valence-corrected chi connectivity index (χ1v) is 6.40. The smallest absolute Gasteiger partial charge is 0.377 e. The molecule has 1 unspecified atom stereocenters. The molecule has 12 heteroatoms. The van der Waals surface area contributed by atoms with Crippen LogP contribution in [0.4, 0.5) is 39.5 Å². The summed E-state index contributed by atoms with van der Waals surface area (Å²) in [6.07, 6.45) is -17.9. The molecule has 0 aromatic heterocycles. The van der Waals surface area contributed by atoms with Crippen molar-refractivity contribution in [1.82, 2.24) is 0 Å². The Kier molecular flexibility index (Phi) is 7.01. The first kappa shape index (κ1) is 23.2. The number of hydrogen-bond donors (Lipinski definition) is 0. The second-order valence-corrected chi connectivity index (χ2v) is 5.52. The summed E-state index contributed by atoms with van der Waals surface area (Å²) in [5, 5.41) is 0. The molecule has 0 radical (unpaired) electrons. The van der Waals surface area contributed by atoms with Crippen molar-refractivity contribution in [3.63, 3.8) is 0 Å². The molecule has 0 bridgehead atoms. The van der Waals surface area contributed by atoms with E-state index in [1.54, 1.807) is 0 Å². The number of rotatable bonds is 7. The predicted octanol–water partition coefficient (Wildman–Crippen LogP) is 4.26. The van der Waals surface area contributed by atoms with Gasteiger partial charge in [0.2, 0.25) is 0 Å². The van der Waals surface area contributed by atoms with Gasteiger partial charge in [0.25, 0.3) is 5.60 Å². The monoisotopic (exact) mass is 380 g/mol. The summed E-state index contributed by atoms with van der Waals surface area (Å²) in [5.74, 6) is 0. The molecule has 1 atom stereocenters. The third-order valence-electron chi connectivity index (χ3n) is 3.29. The van der Waals surface area contributed by atoms with Gasteiger partial charge >= 0.3 is 18.5 Å². The summed E-state index contributed by atoms with van der Waals surface area (Å²) in [7, 11) is 0.885. The average Bonchev–Trinajstić information content (AvgIpc) is 2.34. The molecule has 146 valence electrons. The van der Waals surface area contributed by atoms with Gasteiger partial charge in [0.15, 0.2) is 5.60 Å². The summed E-state index contributed by atoms with van der Waals surface area (Å²) >= 11 is 0. The van der Waals surface area contributed by atoms with Gasteiger partial charge in [0, 0.05) is 7.11 Å². The van der Waals surface area contributed by atoms with Crippen molar-refractivity contribution in [3.05, 3.63) is 0 Å². The van der Waals surface area contributed by atoms with Gasteiger partial charge in [-0.15, -0.1) is 0 Å². The van der Waals surface area contributed by atoms with Crippen molar-refractivity contribution in [1.29, 1.82) is 0 Å². The van der Waals surface area contributed by atoms with Crippen LogP contribution in [0.15, 0.2) is 0 Å². The molecule has 0 aliphatic heterocycles. The molecule has 3 nitrogen and oxygen atoms in total. The minimum absolute atomic E-state index is 0.222. The van der Waals surface area contributed by atoms with E-state index in [2.05, 4.69) is 14.2 Å². The van der Waals surface area contributed by atoms with Gasteiger partial charge in [-0.2, -0.15) is 39.5 Å². The van der Waals surface area contributed by atoms with Crippen LogP contribution in [-0.4, -0.2) is 56.2 Å². The van der Waals surface area contributed by atoms with E-state index < -0.39 is 49.0 Å². The highest BCUT2D eigenvalue weighted by Crippen LogP contribution is 2.45. The highest BCUT2D eigenvalue weighted by Gasteiger charge is 2.69. The molecule has 0 amide bonds. The molecule has 0 aliphatic rings. The molecule has 24 heavy (non-hydrogen) atoms. The molecule has 0 heterocycles. The van der Waals surface area contributed by atoms with E-state index in [1.807, 2.05) is 0 Å². The number of ether oxygens (including phenoxy) is 3. The van der Waals surface area contributed by atoms with Crippen LogP contribution in [0.5, 0.6) is 0 Å². The van der Waals surface area contributed by atoms with E-state index in [-0.39, 0.29) is 6.92 Å². The van der Waals surface area contributed by atoms with Crippen LogP contribution in [0.2, 0.25) is 0 Å². The minimum Gasteiger partial charge on any atom is -0.377 e. The van der Waals surface area contributed by atoms with Gasteiger partial charge in [-0.25, -0.2) is 0 Å². The lowest BCUT2D eigenvalue weighted by atomic mass is 10.1. The van der Waals surface area contributed by atoms with E-state index in [0.29, 0.717) is 13.8 Å². The Bertz CT molecular complexity index is 384. The Labute approximate surface area is 132 Å². The maximum absolute atomic E-state index is 12.6. The predicted molar refractivity (Wildman–Crippen MR) is 63.4 cm³/mol. The zero-order valence-corrected chi connectivity index (χ0v) is 13.1. The minimum atomic E-state index is -5.78. The number of alkyl halides is 9. The standard InChI is InChI=1S/C12H17F9O3/c1-8(2,10(13,14)15)23-5-7(22-4)6-24-9(3,11(16,17)18)12(19,20)21/h7H,5-6H2,1-4H3. The van der Waals surface area contributed by atoms with E-state index in [0.717, 1.165) is 7.11 Å². The zero-order chi connectivity index (χ0) is 19.6. The van der Waals surface area contributed by atoms with Gasteiger partial charge in [-0.1, -0.05) is 0 Å². The van der Waals surface area contributed by atoms with E-state index >= 15 is 0 Å². The summed E-state index contributed by atoms with van der Waals surface area (Å²) in [6.45, 7) is -1.12. The fourth-order valence-corrected chi connectivity index (χ4v) is 1.15. The first-order valence-electron chi connectivity index (χ1n) is 6.40. The van der Waals surface area contributed by atoms with E-state index in [1.165, 1.54) is 0 Å². The van der Waals surface area contributed by atoms with Crippen molar-refractivity contribution >= 4 is 0 Å². The lowest BCUT2D eigenvalue weighted by molar-refractivity contribution is -0.377. The maximum atomic E-state index is 12.6. The molecule has 0 spiro atoms. The van der Waals surface area contributed by atoms with Crippen molar-refractivity contribution in [2.75, 3.05) is 20.3 Å². The van der Waals surface area contributed by atoms with Crippen LogP contribution in [0, 0.1) is 0 Å². The van der Waals surface area contributed by atoms with E-state index in [4.69, 9.17) is 0 Å². The maximum Gasteiger partial charge on any atom is 0.426 e. The lowest BCUT2D eigenvalue weighted by Crippen LogP contribution is -2.57. The van der Waals surface area contributed by atoms with Crippen LogP contribution in [0.3, 0.4) is 0 Å². The highest BCUT2D eigenvalue weighted by molar-refractivity contribution is 4.92. The fraction of sp³-hybridized carbons (Fsp3) is 1.00. The number of halogens is 9. The molecule has 0 aromatic rings. The van der Waals surface area contributed by atoms with Crippen LogP contribution in [-0.2, 0) is 14.2 Å². The van der Waals surface area contributed by atoms with Crippen molar-refractivity contribution in [2.24, 2.45) is 0 Å². The van der Waals surface area contributed by atoms with Crippen molar-refractivity contribution < 1.29 is 53.7 Å². The summed E-state index contributed by atoms with van der Waals surface area (Å²) in [4.78, 5) is 0. The Morgan fingerprint density at radius 2 is 1.04 bits per heavy atom. The Balaban J connectivity index is 4.97. The van der Waals surface area contributed by atoms with Gasteiger partial charge in [-0.05, 0) is 20.8 Å². The molecule has 0 saturated carbocycles. The summed E-state index contributed by atoms with van der Waals surface area (Å²) < 4.78 is 126. The highest BCUT2D eigenvalue weighted by atomic mass is 19.4. The molecular formula is C12H17F9O3. The second-order valence-electron chi connectivity index (χ2n) is 5.52. The first-order chi connectivity index (χ1) is 10.4. The molecule has 0 fully saturated rings. The summed E-state index contributed by atoms with van der Waals surface area (Å²) in [6, 6.07) is 0. The molecular weight excluding hydrogens is 363 g/mol. The number of methoxy groups -OCH3 is 1. The molecule has 0 N–H and O–H groups in total. The molecule has 0 saturated heterocycles. The normalized spacial score (nSPS) is 16.4. The van der Waals surface area contributed by atoms with Crippen molar-refractivity contribution in [3.8, 4) is 0 Å². The molecule has 0 aliphatic carbocycles. The lowest BCUT2D eigenvalue weighted by Gasteiger charge is -2.35. The second kappa shape index (κ2) is 7.24. The van der Waals surface area contributed by atoms with Crippen LogP contribution in [0.25, 0.3) is 0 Å². The Morgan fingerprint density at radius 1 is 0.667 bits per heavy atom. The van der Waals surface area contributed by atoms with Gasteiger partial charge in [0.1, 0.15) is 6.10 Å². The average molecular weight is 380 g/mol. The topological polar surface area (TPSA) is 27.7 Å². The Morgan fingerprint density at radius 3 is 1.33 bits per heavy atom. The summed E-state index contributed by atoms with van der Waals surface area (Å²) in [5.41, 5.74) is -7.16. The number of hydrogen-bond acceptors (Lipinski definition) is 3. The van der Waals surface area contributed by atoms with Crippen LogP contribution in [0.1, 0.15) is 20.8 Å². The molecule has 0 rings (SSSR count). The fourth-order valence-electron chi connectivity index (χ4n) is 1.15. The SMILES string of the molecule is COC(COC(C)(C)C(F)(F)F)COC(C)(C(F)(F)F)C(F)(F)F. The molecule has 0 aromatic carbocycles. The van der Waals surface area contributed by atoms with Crippen molar-refractivity contribution in [2.45, 2.75) is 56.6 Å². The van der Waals surface area contributed by atoms with Gasteiger partial charge in [0.05, 0.1) is 13.2 Å². The third kappa shape index (κ3) is 5.38. The largest absolute Gasteiger partial charge is 0.426 e. The van der Waals surface area contributed by atoms with Crippen LogP contribution >= 0.6 is 0 Å². The quantitative estimate of drug-likeness (QED) is 0.618. The zero-order valence-electron chi connectivity index (χ0n) is 13.1. The van der Waals surface area contributed by atoms with Gasteiger partial charge in [-0.3, -0.25) is 0 Å². The Hall–Kier alpha value is -0.750. The third-order valence-corrected chi connectivity index (χ3v) is 3.29. The van der Waals surface area contributed by atoms with E-state index in [9.17, 15) is 39.5 Å². The van der Waals surface area contributed by atoms with Gasteiger partial charge < -0.3 is 14.2 Å².